The van der Waals surface area contributed by atoms with E-state index in [1.807, 2.05) is 56.6 Å². The molecule has 7 heteroatoms. The molecule has 0 spiro atoms. The molecule has 0 amide bonds. The molecule has 3 heterocycles. The highest BCUT2D eigenvalue weighted by atomic mass is 16.7. The molecule has 2 aromatic carbocycles. The number of aromatic amines is 1. The SMILES string of the molecule is CN[C@@H](COc1cncc(-c2ccc3n[nH]c(C)c3c2)c1)c1ccc2c(c1)OCO2. The molecule has 5 rings (SSSR count). The summed E-state index contributed by atoms with van der Waals surface area (Å²) < 4.78 is 17.0. The van der Waals surface area contributed by atoms with Crippen molar-refractivity contribution in [3.8, 4) is 28.4 Å². The van der Waals surface area contributed by atoms with E-state index in [1.165, 1.54) is 0 Å². The molecule has 0 saturated carbocycles. The van der Waals surface area contributed by atoms with Gasteiger partial charge in [0.1, 0.15) is 12.4 Å². The molecule has 152 valence electrons. The standard InChI is InChI=1S/C23H22N4O3/c1-14-19-8-15(3-5-20(19)27-26-14)17-7-18(11-25-10-17)28-12-21(24-2)16-4-6-22-23(9-16)30-13-29-22/h3-11,21,24H,12-13H2,1-2H3,(H,26,27)/t21-/m0/s1. The van der Waals surface area contributed by atoms with E-state index in [4.69, 9.17) is 14.2 Å². The number of aryl methyl sites for hydroxylation is 1. The normalized spacial score (nSPS) is 13.5. The summed E-state index contributed by atoms with van der Waals surface area (Å²) in [5, 5.41) is 11.7. The average Bonchev–Trinajstić information content (AvgIpc) is 3.40. The van der Waals surface area contributed by atoms with E-state index < -0.39 is 0 Å². The molecule has 2 N–H and O–H groups in total. The van der Waals surface area contributed by atoms with Gasteiger partial charge in [-0.05, 0) is 55.4 Å². The molecule has 0 fully saturated rings. The molecule has 2 aromatic heterocycles. The largest absolute Gasteiger partial charge is 0.490 e. The van der Waals surface area contributed by atoms with Crippen molar-refractivity contribution in [1.82, 2.24) is 20.5 Å². The first-order valence-electron chi connectivity index (χ1n) is 9.81. The first kappa shape index (κ1) is 18.4. The maximum absolute atomic E-state index is 6.08. The maximum Gasteiger partial charge on any atom is 0.231 e. The molecular weight excluding hydrogens is 380 g/mol. The Balaban J connectivity index is 1.34. The number of likely N-dealkylation sites (N-methyl/N-ethyl adjacent to an activating group) is 1. The van der Waals surface area contributed by atoms with Crippen LogP contribution in [0.15, 0.2) is 54.9 Å². The van der Waals surface area contributed by atoms with Gasteiger partial charge in [-0.1, -0.05) is 12.1 Å². The number of hydrogen-bond donors (Lipinski definition) is 2. The minimum absolute atomic E-state index is 0.00749. The van der Waals surface area contributed by atoms with Crippen LogP contribution < -0.4 is 19.5 Å². The summed E-state index contributed by atoms with van der Waals surface area (Å²) >= 11 is 0. The zero-order valence-electron chi connectivity index (χ0n) is 16.8. The quantitative estimate of drug-likeness (QED) is 0.507. The number of ether oxygens (including phenoxy) is 3. The van der Waals surface area contributed by atoms with Gasteiger partial charge in [-0.25, -0.2) is 0 Å². The van der Waals surface area contributed by atoms with Crippen LogP contribution in [0.5, 0.6) is 17.2 Å². The third kappa shape index (κ3) is 3.44. The van der Waals surface area contributed by atoms with E-state index in [1.54, 1.807) is 6.20 Å². The fourth-order valence-corrected chi connectivity index (χ4v) is 3.63. The Morgan fingerprint density at radius 3 is 2.87 bits per heavy atom. The Bertz CT molecular complexity index is 1200. The van der Waals surface area contributed by atoms with Gasteiger partial charge >= 0.3 is 0 Å². The number of H-pyrrole nitrogens is 1. The Morgan fingerprint density at radius 2 is 1.97 bits per heavy atom. The third-order valence-electron chi connectivity index (χ3n) is 5.36. The summed E-state index contributed by atoms with van der Waals surface area (Å²) in [5.41, 5.74) is 5.15. The van der Waals surface area contributed by atoms with E-state index in [9.17, 15) is 0 Å². The zero-order chi connectivity index (χ0) is 20.5. The zero-order valence-corrected chi connectivity index (χ0v) is 16.8. The van der Waals surface area contributed by atoms with Crippen LogP contribution in [-0.4, -0.2) is 35.6 Å². The molecule has 4 aromatic rings. The highest BCUT2D eigenvalue weighted by Crippen LogP contribution is 2.34. The smallest absolute Gasteiger partial charge is 0.231 e. The number of aromatic nitrogens is 3. The molecule has 30 heavy (non-hydrogen) atoms. The lowest BCUT2D eigenvalue weighted by atomic mass is 10.0. The molecule has 1 aliphatic rings. The minimum atomic E-state index is 0.00749. The van der Waals surface area contributed by atoms with E-state index in [0.29, 0.717) is 6.61 Å². The fourth-order valence-electron chi connectivity index (χ4n) is 3.63. The van der Waals surface area contributed by atoms with E-state index >= 15 is 0 Å². The summed E-state index contributed by atoms with van der Waals surface area (Å²) in [6.45, 7) is 2.74. The van der Waals surface area contributed by atoms with Crippen molar-refractivity contribution >= 4 is 10.9 Å². The van der Waals surface area contributed by atoms with Crippen molar-refractivity contribution in [2.75, 3.05) is 20.4 Å². The fraction of sp³-hybridized carbons (Fsp3) is 0.217. The maximum atomic E-state index is 6.08. The van der Waals surface area contributed by atoms with Crippen LogP contribution in [0.4, 0.5) is 0 Å². The molecule has 7 nitrogen and oxygen atoms in total. The molecular formula is C23H22N4O3. The number of fused-ring (bicyclic) bond motifs is 2. The second-order valence-corrected chi connectivity index (χ2v) is 7.25. The molecule has 0 aliphatic carbocycles. The lowest BCUT2D eigenvalue weighted by Crippen LogP contribution is -2.23. The number of nitrogens with one attached hydrogen (secondary N) is 2. The van der Waals surface area contributed by atoms with Crippen molar-refractivity contribution in [2.24, 2.45) is 0 Å². The third-order valence-corrected chi connectivity index (χ3v) is 5.36. The lowest BCUT2D eigenvalue weighted by molar-refractivity contribution is 0.174. The molecule has 0 saturated heterocycles. The summed E-state index contributed by atoms with van der Waals surface area (Å²) in [6, 6.07) is 14.1. The number of benzene rings is 2. The van der Waals surface area contributed by atoms with Gasteiger partial charge in [0.25, 0.3) is 0 Å². The summed E-state index contributed by atoms with van der Waals surface area (Å²) in [6.07, 6.45) is 3.58. The molecule has 1 atom stereocenters. The first-order valence-corrected chi connectivity index (χ1v) is 9.81. The van der Waals surface area contributed by atoms with E-state index in [0.717, 1.165) is 50.5 Å². The van der Waals surface area contributed by atoms with Crippen molar-refractivity contribution in [2.45, 2.75) is 13.0 Å². The van der Waals surface area contributed by atoms with Crippen molar-refractivity contribution in [3.63, 3.8) is 0 Å². The lowest BCUT2D eigenvalue weighted by Gasteiger charge is -2.18. The second-order valence-electron chi connectivity index (χ2n) is 7.25. The van der Waals surface area contributed by atoms with Gasteiger partial charge in [0.05, 0.1) is 17.8 Å². The van der Waals surface area contributed by atoms with Crippen LogP contribution in [0.25, 0.3) is 22.0 Å². The predicted octanol–water partition coefficient (Wildman–Crippen LogP) is 4.00. The molecule has 1 aliphatic heterocycles. The summed E-state index contributed by atoms with van der Waals surface area (Å²) in [4.78, 5) is 4.37. The van der Waals surface area contributed by atoms with Crippen LogP contribution in [0.3, 0.4) is 0 Å². The van der Waals surface area contributed by atoms with Crippen LogP contribution in [0, 0.1) is 6.92 Å². The van der Waals surface area contributed by atoms with Gasteiger partial charge < -0.3 is 19.5 Å². The van der Waals surface area contributed by atoms with E-state index in [-0.39, 0.29) is 12.8 Å². The van der Waals surface area contributed by atoms with Gasteiger partial charge in [0.15, 0.2) is 11.5 Å². The van der Waals surface area contributed by atoms with Gasteiger partial charge in [0, 0.05) is 22.8 Å². The van der Waals surface area contributed by atoms with Gasteiger partial charge in [-0.3, -0.25) is 10.1 Å². The highest BCUT2D eigenvalue weighted by Gasteiger charge is 2.18. The Kier molecular flexibility index (Phi) is 4.72. The topological polar surface area (TPSA) is 81.3 Å². The van der Waals surface area contributed by atoms with Crippen LogP contribution >= 0.6 is 0 Å². The number of hydrogen-bond acceptors (Lipinski definition) is 6. The van der Waals surface area contributed by atoms with Crippen molar-refractivity contribution in [1.29, 1.82) is 0 Å². The van der Waals surface area contributed by atoms with Crippen molar-refractivity contribution < 1.29 is 14.2 Å². The predicted molar refractivity (Wildman–Crippen MR) is 114 cm³/mol. The van der Waals surface area contributed by atoms with Crippen LogP contribution in [-0.2, 0) is 0 Å². The Labute approximate surface area is 174 Å². The van der Waals surface area contributed by atoms with Crippen molar-refractivity contribution in [3.05, 3.63) is 66.1 Å². The Hall–Kier alpha value is -3.58. The van der Waals surface area contributed by atoms with Crippen LogP contribution in [0.2, 0.25) is 0 Å². The number of rotatable bonds is 6. The molecule has 0 unspecified atom stereocenters. The van der Waals surface area contributed by atoms with Gasteiger partial charge in [-0.15, -0.1) is 0 Å². The average molecular weight is 402 g/mol. The van der Waals surface area contributed by atoms with E-state index in [2.05, 4.69) is 26.6 Å². The first-order chi connectivity index (χ1) is 14.7. The second kappa shape index (κ2) is 7.68. The monoisotopic (exact) mass is 402 g/mol. The summed E-state index contributed by atoms with van der Waals surface area (Å²) in [5.74, 6) is 2.26. The molecule has 0 bridgehead atoms. The summed E-state index contributed by atoms with van der Waals surface area (Å²) in [7, 11) is 1.91. The van der Waals surface area contributed by atoms with Gasteiger partial charge in [0.2, 0.25) is 6.79 Å². The van der Waals surface area contributed by atoms with Gasteiger partial charge in [-0.2, -0.15) is 5.10 Å². The molecule has 0 radical (unpaired) electrons. The Morgan fingerprint density at radius 1 is 1.07 bits per heavy atom. The number of nitrogens with zero attached hydrogens (tertiary/aromatic N) is 2. The number of pyridine rings is 1. The highest BCUT2D eigenvalue weighted by molar-refractivity contribution is 5.86. The van der Waals surface area contributed by atoms with Crippen LogP contribution in [0.1, 0.15) is 17.3 Å². The minimum Gasteiger partial charge on any atom is -0.490 e.